The predicted molar refractivity (Wildman–Crippen MR) is 273 cm³/mol. The van der Waals surface area contributed by atoms with Crippen molar-refractivity contribution in [1.29, 1.82) is 0 Å². The van der Waals surface area contributed by atoms with Gasteiger partial charge in [0, 0.05) is 22.6 Å². The van der Waals surface area contributed by atoms with Crippen LogP contribution in [-0.2, 0) is 33.5 Å². The molecule has 4 aromatic rings. The Bertz CT molecular complexity index is 2790. The van der Waals surface area contributed by atoms with Gasteiger partial charge in [-0.05, 0) is 136 Å². The maximum Gasteiger partial charge on any atom is 0.407 e. The lowest BCUT2D eigenvalue weighted by Crippen LogP contribution is -2.53. The van der Waals surface area contributed by atoms with Gasteiger partial charge in [-0.15, -0.1) is 12.8 Å². The molecule has 6 amide bonds. The van der Waals surface area contributed by atoms with E-state index in [0.29, 0.717) is 16.7 Å². The molecule has 0 aliphatic heterocycles. The van der Waals surface area contributed by atoms with Gasteiger partial charge < -0.3 is 40.6 Å². The van der Waals surface area contributed by atoms with Crippen LogP contribution < -0.4 is 32.2 Å². The number of nitrogens with one attached hydrogen (secondary N) is 6. The molecule has 5 rings (SSSR count). The van der Waals surface area contributed by atoms with Gasteiger partial charge in [0.05, 0.1) is 32.9 Å². The fraction of sp³-hybridized carbons (Fsp3) is 0.291. The Morgan fingerprint density at radius 3 is 1.38 bits per heavy atom. The van der Waals surface area contributed by atoms with Crippen molar-refractivity contribution in [2.24, 2.45) is 0 Å². The summed E-state index contributed by atoms with van der Waals surface area (Å²) < 4.78 is 15.7. The molecule has 0 aromatic heterocycles. The minimum atomic E-state index is -1.13. The fourth-order valence-corrected chi connectivity index (χ4v) is 6.40. The predicted octanol–water partition coefficient (Wildman–Crippen LogP) is 5.44. The van der Waals surface area contributed by atoms with Gasteiger partial charge in [-0.1, -0.05) is 60.4 Å². The molecule has 19 heteroatoms. The number of terminal acetylenes is 2. The van der Waals surface area contributed by atoms with E-state index in [4.69, 9.17) is 32.2 Å². The van der Waals surface area contributed by atoms with Gasteiger partial charge in [0.25, 0.3) is 17.7 Å². The first-order valence-electron chi connectivity index (χ1n) is 22.5. The number of carbonyl (C=O) groups excluding carboxylic acids is 6. The van der Waals surface area contributed by atoms with Gasteiger partial charge in [-0.2, -0.15) is 0 Å². The zero-order valence-electron chi connectivity index (χ0n) is 42.1. The number of aromatic carboxylic acids is 1. The molecular formula is C55H58N6O13. The van der Waals surface area contributed by atoms with Crippen LogP contribution in [0.4, 0.5) is 14.4 Å². The van der Waals surface area contributed by atoms with E-state index in [9.17, 15) is 33.6 Å². The SMILES string of the molecule is C#CC#Cc1ccc(C(=O)N[C@@H](CNC(=O)OC(C)(C)C)C(=O)NOC)cc1.C#CC#Cc1ccc(C(=O)O)cc1.CONC(=O)[C@H](CNC(=O)OC(C)(C)C)NC(=O)OCC1c2ccccc2-c2ccccc21. The average Bonchev–Trinajstić information content (AvgIpc) is 3.67. The van der Waals surface area contributed by atoms with Crippen molar-refractivity contribution >= 4 is 42.0 Å². The van der Waals surface area contributed by atoms with Crippen LogP contribution >= 0.6 is 0 Å². The third-order valence-electron chi connectivity index (χ3n) is 9.52. The van der Waals surface area contributed by atoms with Crippen LogP contribution in [0.1, 0.15) is 90.4 Å². The lowest BCUT2D eigenvalue weighted by Gasteiger charge is -2.22. The first-order chi connectivity index (χ1) is 35.1. The zero-order valence-corrected chi connectivity index (χ0v) is 42.1. The van der Waals surface area contributed by atoms with Gasteiger partial charge in [-0.3, -0.25) is 24.1 Å². The number of carbonyl (C=O) groups is 7. The number of ether oxygens (including phenoxy) is 3. The van der Waals surface area contributed by atoms with Crippen LogP contribution in [0.5, 0.6) is 0 Å². The van der Waals surface area contributed by atoms with Gasteiger partial charge in [0.1, 0.15) is 29.9 Å². The summed E-state index contributed by atoms with van der Waals surface area (Å²) in [5.74, 6) is 11.8. The molecule has 0 fully saturated rings. The van der Waals surface area contributed by atoms with E-state index in [1.54, 1.807) is 77.9 Å². The van der Waals surface area contributed by atoms with E-state index < -0.39 is 65.3 Å². The zero-order chi connectivity index (χ0) is 54.8. The highest BCUT2D eigenvalue weighted by Gasteiger charge is 2.31. The number of fused-ring (bicyclic) bond motifs is 3. The van der Waals surface area contributed by atoms with Gasteiger partial charge in [0.2, 0.25) is 0 Å². The van der Waals surface area contributed by atoms with Crippen LogP contribution in [0.3, 0.4) is 0 Å². The maximum atomic E-state index is 12.5. The highest BCUT2D eigenvalue weighted by Crippen LogP contribution is 2.44. The molecule has 0 unspecified atom stereocenters. The summed E-state index contributed by atoms with van der Waals surface area (Å²) in [5.41, 5.74) is 9.16. The van der Waals surface area contributed by atoms with E-state index in [0.717, 1.165) is 22.3 Å². The second kappa shape index (κ2) is 29.2. The van der Waals surface area contributed by atoms with E-state index in [1.165, 1.54) is 26.4 Å². The van der Waals surface area contributed by atoms with Crippen molar-refractivity contribution in [3.8, 4) is 59.5 Å². The number of rotatable bonds is 14. The third-order valence-corrected chi connectivity index (χ3v) is 9.52. The van der Waals surface area contributed by atoms with E-state index >= 15 is 0 Å². The van der Waals surface area contributed by atoms with Crippen LogP contribution in [0.2, 0.25) is 0 Å². The molecule has 74 heavy (non-hydrogen) atoms. The third kappa shape index (κ3) is 20.6. The molecule has 0 saturated carbocycles. The number of carboxylic acid groups (broad SMARTS) is 1. The number of hydrogen-bond donors (Lipinski definition) is 7. The quantitative estimate of drug-likeness (QED) is 0.0473. The molecule has 1 aliphatic rings. The summed E-state index contributed by atoms with van der Waals surface area (Å²) in [4.78, 5) is 92.7. The number of amides is 6. The molecule has 2 atom stereocenters. The molecule has 0 heterocycles. The molecule has 0 radical (unpaired) electrons. The average molecular weight is 1010 g/mol. The summed E-state index contributed by atoms with van der Waals surface area (Å²) in [6.45, 7) is 9.97. The lowest BCUT2D eigenvalue weighted by molar-refractivity contribution is -0.133. The molecule has 19 nitrogen and oxygen atoms in total. The standard InChI is InChI=1S/C24H29N3O6.C20H23N3O5.C11H6O2/c1-24(2,3)33-22(29)25-13-20(21(28)27-31-4)26-23(30)32-14-19-17-11-7-5-9-15(17)16-10-6-8-12-18(16)19;1-6-7-8-14-9-11-15(12-10-14)17(24)22-16(18(25)23-27-5)13-21-19(26)28-20(2,3)4;1-2-3-4-9-5-7-10(8-6-9)11(12)13/h5-12,19-20H,13-14H2,1-4H3,(H,25,29)(H,26,30)(H,27,28);1,9-12,16H,13H2,2-5H3,(H,21,26)(H,22,24)(H,23,25);1,5-8H,(H,12,13)/t20-;16-;/m00./s1. The first-order valence-corrected chi connectivity index (χ1v) is 22.5. The molecule has 0 bridgehead atoms. The number of benzene rings is 4. The van der Waals surface area contributed by atoms with Crippen molar-refractivity contribution in [3.63, 3.8) is 0 Å². The van der Waals surface area contributed by atoms with Crippen molar-refractivity contribution in [1.82, 2.24) is 32.2 Å². The Labute approximate surface area is 430 Å². The molecule has 0 spiro atoms. The molecular weight excluding hydrogens is 953 g/mol. The highest BCUT2D eigenvalue weighted by molar-refractivity contribution is 5.97. The summed E-state index contributed by atoms with van der Waals surface area (Å²) in [6.07, 6.45) is 7.79. The summed E-state index contributed by atoms with van der Waals surface area (Å²) in [7, 11) is 2.53. The van der Waals surface area contributed by atoms with Crippen molar-refractivity contribution in [2.45, 2.75) is 70.7 Å². The normalized spacial score (nSPS) is 11.5. The van der Waals surface area contributed by atoms with Crippen LogP contribution in [-0.4, -0.2) is 104 Å². The Balaban J connectivity index is 0.000000318. The van der Waals surface area contributed by atoms with Crippen molar-refractivity contribution in [2.75, 3.05) is 33.9 Å². The van der Waals surface area contributed by atoms with Crippen molar-refractivity contribution in [3.05, 3.63) is 130 Å². The minimum Gasteiger partial charge on any atom is -0.478 e. The number of hydrogen-bond acceptors (Lipinski definition) is 12. The second-order valence-corrected chi connectivity index (χ2v) is 17.4. The topological polar surface area (TPSA) is 258 Å². The largest absolute Gasteiger partial charge is 0.478 e. The van der Waals surface area contributed by atoms with E-state index in [2.05, 4.69) is 77.4 Å². The monoisotopic (exact) mass is 1010 g/mol. The molecule has 4 aromatic carbocycles. The molecule has 1 aliphatic carbocycles. The highest BCUT2D eigenvalue weighted by atomic mass is 16.6. The van der Waals surface area contributed by atoms with Crippen LogP contribution in [0.15, 0.2) is 97.1 Å². The maximum absolute atomic E-state index is 12.5. The van der Waals surface area contributed by atoms with Gasteiger partial charge >= 0.3 is 24.2 Å². The number of hydroxylamine groups is 2. The summed E-state index contributed by atoms with van der Waals surface area (Å²) in [5, 5.41) is 18.5. The molecule has 0 saturated heterocycles. The molecule has 386 valence electrons. The van der Waals surface area contributed by atoms with Crippen LogP contribution in [0, 0.1) is 48.4 Å². The minimum absolute atomic E-state index is 0.0952. The molecule has 7 N–H and O–H groups in total. The number of carboxylic acids is 1. The lowest BCUT2D eigenvalue weighted by atomic mass is 9.98. The second-order valence-electron chi connectivity index (χ2n) is 17.4. The number of alkyl carbamates (subject to hydrolysis) is 3. The van der Waals surface area contributed by atoms with E-state index in [-0.39, 0.29) is 31.2 Å². The Morgan fingerprint density at radius 1 is 0.581 bits per heavy atom. The first kappa shape index (κ1) is 59.0. The Morgan fingerprint density at radius 2 is 0.986 bits per heavy atom. The Hall–Kier alpha value is -9.27. The van der Waals surface area contributed by atoms with Gasteiger partial charge in [0.15, 0.2) is 0 Å². The van der Waals surface area contributed by atoms with Crippen molar-refractivity contribution < 1.29 is 62.6 Å². The summed E-state index contributed by atoms with van der Waals surface area (Å²) >= 11 is 0. The van der Waals surface area contributed by atoms with Gasteiger partial charge in [-0.25, -0.2) is 30.1 Å². The summed E-state index contributed by atoms with van der Waals surface area (Å²) in [6, 6.07) is 26.3. The fourth-order valence-electron chi connectivity index (χ4n) is 6.40. The smallest absolute Gasteiger partial charge is 0.407 e. The van der Waals surface area contributed by atoms with E-state index in [1.807, 2.05) is 48.5 Å². The Kier molecular flexibility index (Phi) is 23.3. The van der Waals surface area contributed by atoms with Crippen LogP contribution in [0.25, 0.3) is 11.1 Å².